The maximum atomic E-state index is 13.6. The summed E-state index contributed by atoms with van der Waals surface area (Å²) in [6.07, 6.45) is 3.15. The molecule has 1 saturated heterocycles. The molecule has 2 spiro atoms. The average molecular weight is 502 g/mol. The second-order valence-corrected chi connectivity index (χ2v) is 12.5. The van der Waals surface area contributed by atoms with E-state index in [2.05, 4.69) is 25.3 Å². The van der Waals surface area contributed by atoms with Crippen molar-refractivity contribution in [3.05, 3.63) is 12.2 Å². The molecule has 5 aliphatic carbocycles. The summed E-state index contributed by atoms with van der Waals surface area (Å²) in [6.45, 7) is 10.7. The third-order valence-electron chi connectivity index (χ3n) is 11.3. The number of nitrogens with zero attached hydrogens (tertiary/aromatic N) is 1. The standard InChI is InChI=1S/C28H39NO7/c1-6-29-14-26(3)8-7-21(35-22(31)12-33-4)28-19(26)9-17(24(28)29)27-11-16(18(30)10-20(27)28)15(2)25(27)36-23(32)13-34-5/h16-17,19-21,24-25H,2,6-14H2,1,3-5H3/t16-,17+,19-,20-,21+,24+,25-,26+,27+,28+/m1/s1. The van der Waals surface area contributed by atoms with Gasteiger partial charge in [-0.3, -0.25) is 9.69 Å². The van der Waals surface area contributed by atoms with Gasteiger partial charge in [0.15, 0.2) is 0 Å². The van der Waals surface area contributed by atoms with Crippen molar-refractivity contribution in [1.82, 2.24) is 4.90 Å². The summed E-state index contributed by atoms with van der Waals surface area (Å²) < 4.78 is 22.6. The van der Waals surface area contributed by atoms with Crippen LogP contribution in [0.15, 0.2) is 12.2 Å². The molecule has 36 heavy (non-hydrogen) atoms. The lowest BCUT2D eigenvalue weighted by Crippen LogP contribution is -2.69. The van der Waals surface area contributed by atoms with Crippen LogP contribution in [-0.2, 0) is 33.3 Å². The summed E-state index contributed by atoms with van der Waals surface area (Å²) in [7, 11) is 2.98. The number of methoxy groups -OCH3 is 2. The summed E-state index contributed by atoms with van der Waals surface area (Å²) in [5.74, 6) is -0.225. The van der Waals surface area contributed by atoms with Gasteiger partial charge in [0.05, 0.1) is 0 Å². The Kier molecular flexibility index (Phi) is 5.53. The Bertz CT molecular complexity index is 1010. The lowest BCUT2D eigenvalue weighted by atomic mass is 9.43. The Hall–Kier alpha value is -1.77. The van der Waals surface area contributed by atoms with Gasteiger partial charge in [0.25, 0.3) is 0 Å². The highest BCUT2D eigenvalue weighted by Crippen LogP contribution is 2.83. The molecule has 198 valence electrons. The third kappa shape index (κ3) is 2.79. The van der Waals surface area contributed by atoms with Crippen molar-refractivity contribution in [3.8, 4) is 0 Å². The minimum absolute atomic E-state index is 0.0172. The SMILES string of the molecule is C=C1[C@H]2C[C@@]3([C@@H]1OC(=O)COC)[C@@H](CC2=O)[C@@]12[C@@H](OC(=O)COC)CC[C@@]4(C)CN(CC)[C@H]1[C@@H]3C[C@H]42. The van der Waals surface area contributed by atoms with Crippen LogP contribution in [0.2, 0.25) is 0 Å². The van der Waals surface area contributed by atoms with Crippen molar-refractivity contribution in [3.63, 3.8) is 0 Å². The number of piperidine rings is 1. The van der Waals surface area contributed by atoms with Crippen LogP contribution in [0.5, 0.6) is 0 Å². The maximum Gasteiger partial charge on any atom is 0.332 e. The fourth-order valence-corrected chi connectivity index (χ4v) is 10.6. The zero-order valence-corrected chi connectivity index (χ0v) is 21.9. The van der Waals surface area contributed by atoms with Gasteiger partial charge >= 0.3 is 11.9 Å². The van der Waals surface area contributed by atoms with Gasteiger partial charge in [0, 0.05) is 50.0 Å². The molecule has 6 aliphatic rings. The van der Waals surface area contributed by atoms with Crippen LogP contribution < -0.4 is 0 Å². The molecule has 6 fully saturated rings. The number of ether oxygens (including phenoxy) is 4. The highest BCUT2D eigenvalue weighted by molar-refractivity contribution is 5.87. The van der Waals surface area contributed by atoms with Gasteiger partial charge in [0.2, 0.25) is 0 Å². The van der Waals surface area contributed by atoms with Crippen molar-refractivity contribution >= 4 is 17.7 Å². The Morgan fingerprint density at radius 3 is 2.47 bits per heavy atom. The van der Waals surface area contributed by atoms with E-state index in [4.69, 9.17) is 18.9 Å². The molecule has 0 N–H and O–H groups in total. The summed E-state index contributed by atoms with van der Waals surface area (Å²) in [5.41, 5.74) is 0.152. The van der Waals surface area contributed by atoms with E-state index in [1.807, 2.05) is 0 Å². The monoisotopic (exact) mass is 501 g/mol. The lowest BCUT2D eigenvalue weighted by Gasteiger charge is -2.65. The predicted octanol–water partition coefficient (Wildman–Crippen LogP) is 2.39. The number of rotatable bonds is 7. The highest BCUT2D eigenvalue weighted by atomic mass is 16.6. The minimum Gasteiger partial charge on any atom is -0.460 e. The van der Waals surface area contributed by atoms with E-state index in [0.29, 0.717) is 18.8 Å². The fraction of sp³-hybridized carbons (Fsp3) is 0.821. The Balaban J connectivity index is 1.51. The van der Waals surface area contributed by atoms with Crippen LogP contribution in [0.4, 0.5) is 0 Å². The van der Waals surface area contributed by atoms with Crippen LogP contribution in [-0.4, -0.2) is 81.4 Å². The summed E-state index contributed by atoms with van der Waals surface area (Å²) in [6, 6.07) is 0.187. The Morgan fingerprint density at radius 1 is 1.11 bits per heavy atom. The molecule has 1 heterocycles. The first-order chi connectivity index (χ1) is 17.2. The molecule has 0 aromatic heterocycles. The van der Waals surface area contributed by atoms with Crippen molar-refractivity contribution < 1.29 is 33.3 Å². The molecule has 0 aromatic carbocycles. The van der Waals surface area contributed by atoms with Crippen molar-refractivity contribution in [2.24, 2.45) is 39.9 Å². The van der Waals surface area contributed by atoms with E-state index < -0.39 is 12.1 Å². The molecular formula is C28H39NO7. The first-order valence-corrected chi connectivity index (χ1v) is 13.5. The quantitative estimate of drug-likeness (QED) is 0.388. The van der Waals surface area contributed by atoms with Gasteiger partial charge in [-0.2, -0.15) is 0 Å². The Morgan fingerprint density at radius 2 is 1.81 bits per heavy atom. The van der Waals surface area contributed by atoms with Gasteiger partial charge in [0.1, 0.15) is 31.2 Å². The van der Waals surface area contributed by atoms with Gasteiger partial charge in [-0.1, -0.05) is 20.4 Å². The number of likely N-dealkylation sites (tertiary alicyclic amines) is 1. The molecule has 6 rings (SSSR count). The molecule has 5 saturated carbocycles. The van der Waals surface area contributed by atoms with Crippen molar-refractivity contribution in [1.29, 1.82) is 0 Å². The Labute approximate surface area is 213 Å². The van der Waals surface area contributed by atoms with Crippen LogP contribution in [0.25, 0.3) is 0 Å². The topological polar surface area (TPSA) is 91.4 Å². The number of hydrogen-bond donors (Lipinski definition) is 0. The summed E-state index contributed by atoms with van der Waals surface area (Å²) >= 11 is 0. The van der Waals surface area contributed by atoms with E-state index >= 15 is 0 Å². The van der Waals surface area contributed by atoms with Gasteiger partial charge in [-0.15, -0.1) is 0 Å². The molecule has 1 aliphatic heterocycles. The zero-order valence-electron chi connectivity index (χ0n) is 21.9. The fourth-order valence-electron chi connectivity index (χ4n) is 10.6. The van der Waals surface area contributed by atoms with Crippen LogP contribution in [0.1, 0.15) is 46.0 Å². The van der Waals surface area contributed by atoms with Crippen LogP contribution in [0.3, 0.4) is 0 Å². The number of carbonyl (C=O) groups is 3. The third-order valence-corrected chi connectivity index (χ3v) is 11.3. The van der Waals surface area contributed by atoms with Crippen LogP contribution in [0, 0.1) is 39.9 Å². The van der Waals surface area contributed by atoms with Crippen molar-refractivity contribution in [2.45, 2.75) is 64.2 Å². The molecule has 0 amide bonds. The molecule has 10 atom stereocenters. The van der Waals surface area contributed by atoms with E-state index in [9.17, 15) is 14.4 Å². The van der Waals surface area contributed by atoms with Gasteiger partial charge in [-0.25, -0.2) is 9.59 Å². The smallest absolute Gasteiger partial charge is 0.332 e. The zero-order chi connectivity index (χ0) is 25.6. The maximum absolute atomic E-state index is 13.6. The molecule has 0 radical (unpaired) electrons. The second-order valence-electron chi connectivity index (χ2n) is 12.5. The van der Waals surface area contributed by atoms with Gasteiger partial charge < -0.3 is 18.9 Å². The number of esters is 2. The van der Waals surface area contributed by atoms with Gasteiger partial charge in [-0.05, 0) is 61.0 Å². The summed E-state index contributed by atoms with van der Waals surface area (Å²) in [5, 5.41) is 0. The number of carbonyl (C=O) groups excluding carboxylic acids is 3. The molecule has 7 bridgehead atoms. The van der Waals surface area contributed by atoms with E-state index in [1.54, 1.807) is 0 Å². The highest BCUT2D eigenvalue weighted by Gasteiger charge is 2.86. The molecule has 8 heteroatoms. The van der Waals surface area contributed by atoms with Crippen LogP contribution >= 0.6 is 0 Å². The largest absolute Gasteiger partial charge is 0.460 e. The predicted molar refractivity (Wildman–Crippen MR) is 129 cm³/mol. The molecular weight excluding hydrogens is 462 g/mol. The lowest BCUT2D eigenvalue weighted by molar-refractivity contribution is -0.226. The minimum atomic E-state index is -0.505. The number of hydrogen-bond acceptors (Lipinski definition) is 8. The second kappa shape index (κ2) is 8.11. The van der Waals surface area contributed by atoms with E-state index in [1.165, 1.54) is 14.2 Å². The summed E-state index contributed by atoms with van der Waals surface area (Å²) in [4.78, 5) is 41.7. The van der Waals surface area contributed by atoms with E-state index in [-0.39, 0.29) is 71.1 Å². The van der Waals surface area contributed by atoms with Crippen molar-refractivity contribution in [2.75, 3.05) is 40.5 Å². The molecule has 0 aromatic rings. The number of Topliss-reactive ketones (excluding diaryl/α,β-unsaturated/α-hetero) is 1. The van der Waals surface area contributed by atoms with E-state index in [0.717, 1.165) is 37.9 Å². The molecule has 8 nitrogen and oxygen atoms in total. The number of fused-ring (bicyclic) bond motifs is 1. The molecule has 0 unspecified atom stereocenters. The first-order valence-electron chi connectivity index (χ1n) is 13.5. The normalized spacial score (nSPS) is 48.2. The average Bonchev–Trinajstić information content (AvgIpc) is 3.35. The number of ketones is 1. The first kappa shape index (κ1) is 24.6.